The van der Waals surface area contributed by atoms with Crippen molar-refractivity contribution in [3.05, 3.63) is 29.3 Å². The largest absolute Gasteiger partial charge is 0.493 e. The first-order valence-electron chi connectivity index (χ1n) is 6.42. The Morgan fingerprint density at radius 3 is 3.12 bits per heavy atom. The summed E-state index contributed by atoms with van der Waals surface area (Å²) < 4.78 is 11.3. The zero-order valence-corrected chi connectivity index (χ0v) is 10.0. The van der Waals surface area contributed by atoms with E-state index in [1.165, 1.54) is 11.1 Å². The molecule has 0 radical (unpaired) electrons. The van der Waals surface area contributed by atoms with Crippen LogP contribution in [0.15, 0.2) is 18.2 Å². The molecule has 2 aliphatic rings. The van der Waals surface area contributed by atoms with Gasteiger partial charge in [0, 0.05) is 18.6 Å². The maximum Gasteiger partial charge on any atom is 0.122 e. The van der Waals surface area contributed by atoms with E-state index in [0.717, 1.165) is 44.8 Å². The van der Waals surface area contributed by atoms with Gasteiger partial charge < -0.3 is 15.2 Å². The summed E-state index contributed by atoms with van der Waals surface area (Å²) in [5.74, 6) is 1.59. The van der Waals surface area contributed by atoms with Gasteiger partial charge in [0.1, 0.15) is 5.75 Å². The summed E-state index contributed by atoms with van der Waals surface area (Å²) in [7, 11) is 0. The Morgan fingerprint density at radius 2 is 2.29 bits per heavy atom. The maximum atomic E-state index is 6.06. The van der Waals surface area contributed by atoms with E-state index in [4.69, 9.17) is 15.2 Å². The summed E-state index contributed by atoms with van der Waals surface area (Å²) in [6.07, 6.45) is 3.21. The van der Waals surface area contributed by atoms with Crippen LogP contribution in [0.5, 0.6) is 5.75 Å². The first-order chi connectivity index (χ1) is 8.34. The smallest absolute Gasteiger partial charge is 0.122 e. The highest BCUT2D eigenvalue weighted by Crippen LogP contribution is 2.35. The first-order valence-corrected chi connectivity index (χ1v) is 6.42. The molecule has 17 heavy (non-hydrogen) atoms. The van der Waals surface area contributed by atoms with Crippen LogP contribution in [0.3, 0.4) is 0 Å². The van der Waals surface area contributed by atoms with Crippen LogP contribution in [0.2, 0.25) is 0 Å². The number of fused-ring (bicyclic) bond motifs is 1. The zero-order valence-electron chi connectivity index (χ0n) is 10.0. The van der Waals surface area contributed by atoms with Crippen LogP contribution >= 0.6 is 0 Å². The Kier molecular flexibility index (Phi) is 3.04. The van der Waals surface area contributed by atoms with Crippen LogP contribution in [0.4, 0.5) is 0 Å². The Morgan fingerprint density at radius 1 is 1.35 bits per heavy atom. The number of hydrogen-bond donors (Lipinski definition) is 1. The normalized spacial score (nSPS) is 27.1. The standard InChI is InChI=1S/C14H19NO2/c15-13-5-4-12-11(13)2-1-3-14(12)17-9-10-6-7-16-8-10/h1-3,10,13H,4-9,15H2. The van der Waals surface area contributed by atoms with Gasteiger partial charge in [-0.1, -0.05) is 12.1 Å². The van der Waals surface area contributed by atoms with E-state index in [1.54, 1.807) is 0 Å². The van der Waals surface area contributed by atoms with Gasteiger partial charge in [-0.25, -0.2) is 0 Å². The van der Waals surface area contributed by atoms with Crippen LogP contribution in [-0.2, 0) is 11.2 Å². The lowest BCUT2D eigenvalue weighted by molar-refractivity contribution is 0.167. The first kappa shape index (κ1) is 11.1. The fraction of sp³-hybridized carbons (Fsp3) is 0.571. The third-order valence-electron chi connectivity index (χ3n) is 3.77. The maximum absolute atomic E-state index is 6.06. The van der Waals surface area contributed by atoms with Crippen LogP contribution in [0.25, 0.3) is 0 Å². The molecule has 3 rings (SSSR count). The van der Waals surface area contributed by atoms with E-state index in [0.29, 0.717) is 5.92 Å². The van der Waals surface area contributed by atoms with Crippen LogP contribution in [0, 0.1) is 5.92 Å². The molecular weight excluding hydrogens is 214 g/mol. The highest BCUT2D eigenvalue weighted by atomic mass is 16.5. The van der Waals surface area contributed by atoms with E-state index < -0.39 is 0 Å². The molecule has 0 saturated carbocycles. The van der Waals surface area contributed by atoms with Crippen LogP contribution < -0.4 is 10.5 Å². The molecule has 0 spiro atoms. The van der Waals surface area contributed by atoms with Gasteiger partial charge in [0.2, 0.25) is 0 Å². The lowest BCUT2D eigenvalue weighted by Gasteiger charge is -2.14. The van der Waals surface area contributed by atoms with Crippen LogP contribution in [-0.4, -0.2) is 19.8 Å². The average molecular weight is 233 g/mol. The zero-order chi connectivity index (χ0) is 11.7. The van der Waals surface area contributed by atoms with E-state index in [-0.39, 0.29) is 6.04 Å². The molecule has 1 aromatic rings. The van der Waals surface area contributed by atoms with Crippen LogP contribution in [0.1, 0.15) is 30.0 Å². The predicted molar refractivity (Wildman–Crippen MR) is 66.1 cm³/mol. The number of benzene rings is 1. The molecule has 2 unspecified atom stereocenters. The molecule has 1 aliphatic heterocycles. The summed E-state index contributed by atoms with van der Waals surface area (Å²) in [5.41, 5.74) is 8.65. The topological polar surface area (TPSA) is 44.5 Å². The Hall–Kier alpha value is -1.06. The van der Waals surface area contributed by atoms with Crippen molar-refractivity contribution in [3.8, 4) is 5.75 Å². The summed E-state index contributed by atoms with van der Waals surface area (Å²) in [5, 5.41) is 0. The third kappa shape index (κ3) is 2.17. The molecule has 0 bridgehead atoms. The van der Waals surface area contributed by atoms with Crippen molar-refractivity contribution in [2.45, 2.75) is 25.3 Å². The summed E-state index contributed by atoms with van der Waals surface area (Å²) in [4.78, 5) is 0. The molecule has 3 nitrogen and oxygen atoms in total. The molecule has 1 aromatic carbocycles. The van der Waals surface area contributed by atoms with E-state index in [1.807, 2.05) is 6.07 Å². The van der Waals surface area contributed by atoms with Crippen molar-refractivity contribution in [3.63, 3.8) is 0 Å². The number of rotatable bonds is 3. The second-order valence-corrected chi connectivity index (χ2v) is 5.01. The molecule has 1 fully saturated rings. The fourth-order valence-electron chi connectivity index (χ4n) is 2.71. The summed E-state index contributed by atoms with van der Waals surface area (Å²) in [6.45, 7) is 2.49. The van der Waals surface area contributed by atoms with Gasteiger partial charge in [-0.2, -0.15) is 0 Å². The lowest BCUT2D eigenvalue weighted by Crippen LogP contribution is -2.12. The lowest BCUT2D eigenvalue weighted by atomic mass is 10.1. The van der Waals surface area contributed by atoms with Gasteiger partial charge >= 0.3 is 0 Å². The van der Waals surface area contributed by atoms with Crippen molar-refractivity contribution >= 4 is 0 Å². The Labute approximate surface area is 102 Å². The minimum absolute atomic E-state index is 0.198. The van der Waals surface area contributed by atoms with E-state index in [2.05, 4.69) is 12.1 Å². The Balaban J connectivity index is 1.71. The van der Waals surface area contributed by atoms with Crippen molar-refractivity contribution in [2.75, 3.05) is 19.8 Å². The molecule has 92 valence electrons. The van der Waals surface area contributed by atoms with Gasteiger partial charge in [-0.3, -0.25) is 0 Å². The van der Waals surface area contributed by atoms with Crippen molar-refractivity contribution in [1.29, 1.82) is 0 Å². The SMILES string of the molecule is NC1CCc2c(OCC3CCOC3)cccc21. The molecule has 0 aromatic heterocycles. The van der Waals surface area contributed by atoms with E-state index >= 15 is 0 Å². The number of hydrogen-bond acceptors (Lipinski definition) is 3. The molecule has 1 heterocycles. The molecule has 0 amide bonds. The molecule has 1 aliphatic carbocycles. The van der Waals surface area contributed by atoms with Crippen molar-refractivity contribution < 1.29 is 9.47 Å². The Bertz CT molecular complexity index is 399. The molecule has 2 N–H and O–H groups in total. The highest BCUT2D eigenvalue weighted by molar-refractivity contribution is 5.44. The number of ether oxygens (including phenoxy) is 2. The van der Waals surface area contributed by atoms with Gasteiger partial charge in [0.25, 0.3) is 0 Å². The molecule has 2 atom stereocenters. The van der Waals surface area contributed by atoms with Gasteiger partial charge in [-0.15, -0.1) is 0 Å². The van der Waals surface area contributed by atoms with E-state index in [9.17, 15) is 0 Å². The number of nitrogens with two attached hydrogens (primary N) is 1. The average Bonchev–Trinajstić information content (AvgIpc) is 2.97. The highest BCUT2D eigenvalue weighted by Gasteiger charge is 2.23. The minimum Gasteiger partial charge on any atom is -0.493 e. The van der Waals surface area contributed by atoms with Gasteiger partial charge in [0.05, 0.1) is 13.2 Å². The van der Waals surface area contributed by atoms with Gasteiger partial charge in [-0.05, 0) is 36.5 Å². The molecular formula is C14H19NO2. The minimum atomic E-state index is 0.198. The second kappa shape index (κ2) is 4.67. The fourth-order valence-corrected chi connectivity index (χ4v) is 2.71. The van der Waals surface area contributed by atoms with Crippen molar-refractivity contribution in [1.82, 2.24) is 0 Å². The predicted octanol–water partition coefficient (Wildman–Crippen LogP) is 2.05. The van der Waals surface area contributed by atoms with Gasteiger partial charge in [0.15, 0.2) is 0 Å². The van der Waals surface area contributed by atoms with Crippen molar-refractivity contribution in [2.24, 2.45) is 11.7 Å². The monoisotopic (exact) mass is 233 g/mol. The third-order valence-corrected chi connectivity index (χ3v) is 3.77. The quantitative estimate of drug-likeness (QED) is 0.869. The summed E-state index contributed by atoms with van der Waals surface area (Å²) in [6, 6.07) is 6.43. The second-order valence-electron chi connectivity index (χ2n) is 5.01. The summed E-state index contributed by atoms with van der Waals surface area (Å²) >= 11 is 0. The molecule has 1 saturated heterocycles. The molecule has 3 heteroatoms.